The minimum atomic E-state index is -4.38. The van der Waals surface area contributed by atoms with Crippen molar-refractivity contribution < 1.29 is 27.5 Å². The first kappa shape index (κ1) is 18.0. The van der Waals surface area contributed by atoms with Crippen LogP contribution in [-0.2, 0) is 19.3 Å². The first-order chi connectivity index (χ1) is 12.5. The van der Waals surface area contributed by atoms with Crippen molar-refractivity contribution in [1.29, 1.82) is 0 Å². The van der Waals surface area contributed by atoms with Gasteiger partial charge in [-0.1, -0.05) is 12.1 Å². The van der Waals surface area contributed by atoms with E-state index in [1.165, 1.54) is 18.4 Å². The van der Waals surface area contributed by atoms with Crippen LogP contribution in [0.5, 0.6) is 5.75 Å². The maximum atomic E-state index is 12.6. The van der Waals surface area contributed by atoms with Crippen molar-refractivity contribution in [2.45, 2.75) is 19.3 Å². The molecule has 0 unspecified atom stereocenters. The molecule has 0 radical (unpaired) electrons. The zero-order valence-corrected chi connectivity index (χ0v) is 13.5. The predicted octanol–water partition coefficient (Wildman–Crippen LogP) is 4.42. The molecular weight excluding hydrogens is 349 g/mol. The van der Waals surface area contributed by atoms with E-state index in [1.807, 2.05) is 0 Å². The van der Waals surface area contributed by atoms with E-state index in [0.29, 0.717) is 23.6 Å². The fourth-order valence-corrected chi connectivity index (χ4v) is 2.26. The minimum Gasteiger partial charge on any atom is -0.487 e. The molecule has 5 nitrogen and oxygen atoms in total. The Bertz CT molecular complexity index is 843. The summed E-state index contributed by atoms with van der Waals surface area (Å²) in [5.41, 5.74) is 3.20. The number of halogens is 3. The van der Waals surface area contributed by atoms with Crippen molar-refractivity contribution in [1.82, 2.24) is 10.5 Å². The summed E-state index contributed by atoms with van der Waals surface area (Å²) in [6.07, 6.45) is -2.98. The van der Waals surface area contributed by atoms with Crippen LogP contribution in [0, 0.1) is 0 Å². The monoisotopic (exact) mass is 364 g/mol. The molecule has 3 rings (SSSR count). The van der Waals surface area contributed by atoms with E-state index >= 15 is 0 Å². The highest BCUT2D eigenvalue weighted by atomic mass is 19.4. The Hall–Kier alpha value is -2.84. The number of rotatable bonds is 6. The normalized spacial score (nSPS) is 11.5. The largest absolute Gasteiger partial charge is 0.487 e. The van der Waals surface area contributed by atoms with Crippen molar-refractivity contribution in [3.05, 3.63) is 71.6 Å². The second-order valence-electron chi connectivity index (χ2n) is 5.49. The van der Waals surface area contributed by atoms with E-state index in [2.05, 4.69) is 10.5 Å². The van der Waals surface area contributed by atoms with Gasteiger partial charge < -0.3 is 14.4 Å². The number of hydroxylamine groups is 1. The minimum absolute atomic E-state index is 0.154. The molecule has 8 heteroatoms. The molecule has 1 aromatic heterocycles. The average molecular weight is 364 g/mol. The van der Waals surface area contributed by atoms with Gasteiger partial charge in [0.1, 0.15) is 24.3 Å². The molecule has 0 fully saturated rings. The standard InChI is InChI=1S/C18H15F3N2O3/c19-18(20,21)14-5-3-13(4-6-14)17-23-15(11-26-17)10-25-16-7-1-12(2-8-16)9-22-24/h1-8,11,22,24H,9-10H2. The van der Waals surface area contributed by atoms with Gasteiger partial charge >= 0.3 is 6.18 Å². The number of hydrogen-bond acceptors (Lipinski definition) is 5. The summed E-state index contributed by atoms with van der Waals surface area (Å²) < 4.78 is 48.6. The third-order valence-electron chi connectivity index (χ3n) is 3.60. The van der Waals surface area contributed by atoms with Crippen molar-refractivity contribution in [2.75, 3.05) is 0 Å². The zero-order chi connectivity index (χ0) is 18.6. The summed E-state index contributed by atoms with van der Waals surface area (Å²) in [5.74, 6) is 0.840. The van der Waals surface area contributed by atoms with Crippen LogP contribution in [0.25, 0.3) is 11.5 Å². The summed E-state index contributed by atoms with van der Waals surface area (Å²) in [5, 5.41) is 8.64. The number of nitrogens with zero attached hydrogens (tertiary/aromatic N) is 1. The Kier molecular flexibility index (Phi) is 5.24. The van der Waals surface area contributed by atoms with Crippen LogP contribution in [0.4, 0.5) is 13.2 Å². The highest BCUT2D eigenvalue weighted by Crippen LogP contribution is 2.30. The van der Waals surface area contributed by atoms with Crippen LogP contribution in [0.1, 0.15) is 16.8 Å². The molecule has 0 aliphatic rings. The highest BCUT2D eigenvalue weighted by molar-refractivity contribution is 5.54. The Morgan fingerprint density at radius 1 is 1.04 bits per heavy atom. The van der Waals surface area contributed by atoms with E-state index in [9.17, 15) is 13.2 Å². The number of hydrogen-bond donors (Lipinski definition) is 2. The molecule has 0 amide bonds. The maximum absolute atomic E-state index is 12.6. The molecule has 3 aromatic rings. The van der Waals surface area contributed by atoms with Gasteiger partial charge in [-0.05, 0) is 42.0 Å². The third kappa shape index (κ3) is 4.41. The fraction of sp³-hybridized carbons (Fsp3) is 0.167. The molecule has 0 bridgehead atoms. The highest BCUT2D eigenvalue weighted by Gasteiger charge is 2.30. The number of alkyl halides is 3. The zero-order valence-electron chi connectivity index (χ0n) is 13.5. The van der Waals surface area contributed by atoms with E-state index < -0.39 is 11.7 Å². The molecule has 2 N–H and O–H groups in total. The SMILES string of the molecule is ONCc1ccc(OCc2coc(-c3ccc(C(F)(F)F)cc3)n2)cc1. The summed E-state index contributed by atoms with van der Waals surface area (Å²) in [6, 6.07) is 11.7. The molecule has 0 spiro atoms. The second-order valence-corrected chi connectivity index (χ2v) is 5.49. The van der Waals surface area contributed by atoms with Gasteiger partial charge in [-0.15, -0.1) is 0 Å². The van der Waals surface area contributed by atoms with Gasteiger partial charge in [-0.3, -0.25) is 0 Å². The Balaban J connectivity index is 1.62. The number of oxazole rings is 1. The molecule has 0 aliphatic carbocycles. The van der Waals surface area contributed by atoms with Crippen LogP contribution < -0.4 is 10.2 Å². The summed E-state index contributed by atoms with van der Waals surface area (Å²) in [7, 11) is 0. The molecule has 1 heterocycles. The lowest BCUT2D eigenvalue weighted by atomic mass is 10.1. The van der Waals surface area contributed by atoms with Gasteiger partial charge in [0.25, 0.3) is 0 Å². The average Bonchev–Trinajstić information content (AvgIpc) is 3.10. The maximum Gasteiger partial charge on any atom is 0.416 e. The second kappa shape index (κ2) is 7.59. The van der Waals surface area contributed by atoms with Crippen molar-refractivity contribution in [2.24, 2.45) is 0 Å². The quantitative estimate of drug-likeness (QED) is 0.634. The lowest BCUT2D eigenvalue weighted by molar-refractivity contribution is -0.137. The van der Waals surface area contributed by atoms with Gasteiger partial charge in [-0.25, -0.2) is 10.5 Å². The van der Waals surface area contributed by atoms with Gasteiger partial charge in [0, 0.05) is 12.1 Å². The number of nitrogens with one attached hydrogen (secondary N) is 1. The van der Waals surface area contributed by atoms with E-state index in [-0.39, 0.29) is 12.5 Å². The lowest BCUT2D eigenvalue weighted by Crippen LogP contribution is -2.05. The van der Waals surface area contributed by atoms with Crippen LogP contribution >= 0.6 is 0 Å². The smallest absolute Gasteiger partial charge is 0.416 e. The molecule has 0 aliphatic heterocycles. The first-order valence-corrected chi connectivity index (χ1v) is 7.66. The van der Waals surface area contributed by atoms with Crippen LogP contribution in [-0.4, -0.2) is 10.2 Å². The summed E-state index contributed by atoms with van der Waals surface area (Å²) in [6.45, 7) is 0.488. The van der Waals surface area contributed by atoms with Crippen molar-refractivity contribution >= 4 is 0 Å². The number of benzene rings is 2. The van der Waals surface area contributed by atoms with Gasteiger partial charge in [-0.2, -0.15) is 13.2 Å². The van der Waals surface area contributed by atoms with Crippen molar-refractivity contribution in [3.63, 3.8) is 0 Å². The van der Waals surface area contributed by atoms with E-state index in [4.69, 9.17) is 14.4 Å². The topological polar surface area (TPSA) is 67.5 Å². The molecule has 26 heavy (non-hydrogen) atoms. The van der Waals surface area contributed by atoms with Crippen LogP contribution in [0.15, 0.2) is 59.2 Å². The Morgan fingerprint density at radius 3 is 2.35 bits per heavy atom. The van der Waals surface area contributed by atoms with Gasteiger partial charge in [0.15, 0.2) is 0 Å². The predicted molar refractivity (Wildman–Crippen MR) is 86.3 cm³/mol. The Morgan fingerprint density at radius 2 is 1.73 bits per heavy atom. The number of aromatic nitrogens is 1. The lowest BCUT2D eigenvalue weighted by Gasteiger charge is -2.06. The first-order valence-electron chi connectivity index (χ1n) is 7.66. The van der Waals surface area contributed by atoms with Gasteiger partial charge in [0.2, 0.25) is 5.89 Å². The molecule has 2 aromatic carbocycles. The van der Waals surface area contributed by atoms with E-state index in [0.717, 1.165) is 17.7 Å². The molecule has 0 atom stereocenters. The Labute approximate surface area is 147 Å². The molecule has 0 saturated heterocycles. The third-order valence-corrected chi connectivity index (χ3v) is 3.60. The molecule has 0 saturated carbocycles. The van der Waals surface area contributed by atoms with Crippen LogP contribution in [0.2, 0.25) is 0 Å². The van der Waals surface area contributed by atoms with Gasteiger partial charge in [0.05, 0.1) is 5.56 Å². The summed E-state index contributed by atoms with van der Waals surface area (Å²) >= 11 is 0. The summed E-state index contributed by atoms with van der Waals surface area (Å²) in [4.78, 5) is 4.22. The van der Waals surface area contributed by atoms with Crippen molar-refractivity contribution in [3.8, 4) is 17.2 Å². The molecule has 136 valence electrons. The van der Waals surface area contributed by atoms with E-state index in [1.54, 1.807) is 24.3 Å². The molecular formula is C18H15F3N2O3. The fourth-order valence-electron chi connectivity index (χ4n) is 2.26. The number of ether oxygens (including phenoxy) is 1. The van der Waals surface area contributed by atoms with Crippen LogP contribution in [0.3, 0.4) is 0 Å².